The van der Waals surface area contributed by atoms with E-state index in [4.69, 9.17) is 0 Å². The van der Waals surface area contributed by atoms with Crippen LogP contribution >= 0.6 is 11.8 Å². The van der Waals surface area contributed by atoms with Gasteiger partial charge in [0.05, 0.1) is 5.69 Å². The standard InChI is InChI=1S/C27H25N3OS/c1-20-10-12-23(13-11-20)25-14-15-26(30-29-25)32-19-22-8-5-9-24(18-22)27(31)28-17-16-21-6-3-2-4-7-21/h2-15,18H,16-17,19H2,1H3,(H,28,31). The molecule has 0 atom stereocenters. The number of hydrogen-bond donors (Lipinski definition) is 1. The van der Waals surface area contributed by atoms with E-state index < -0.39 is 0 Å². The van der Waals surface area contributed by atoms with Crippen LogP contribution in [0.4, 0.5) is 0 Å². The molecule has 32 heavy (non-hydrogen) atoms. The third-order valence-electron chi connectivity index (χ3n) is 5.11. The van der Waals surface area contributed by atoms with E-state index in [1.807, 2.05) is 54.6 Å². The molecule has 1 N–H and O–H groups in total. The molecule has 0 aliphatic carbocycles. The minimum atomic E-state index is -0.0463. The average molecular weight is 440 g/mol. The van der Waals surface area contributed by atoms with Gasteiger partial charge < -0.3 is 5.32 Å². The van der Waals surface area contributed by atoms with Crippen molar-refractivity contribution in [3.05, 3.63) is 113 Å². The summed E-state index contributed by atoms with van der Waals surface area (Å²) >= 11 is 1.61. The van der Waals surface area contributed by atoms with Gasteiger partial charge in [0.2, 0.25) is 0 Å². The maximum atomic E-state index is 12.5. The fourth-order valence-electron chi connectivity index (χ4n) is 3.30. The number of nitrogens with one attached hydrogen (secondary N) is 1. The molecular weight excluding hydrogens is 414 g/mol. The van der Waals surface area contributed by atoms with Gasteiger partial charge in [0.25, 0.3) is 5.91 Å². The van der Waals surface area contributed by atoms with Crippen LogP contribution in [0, 0.1) is 6.92 Å². The fraction of sp³-hybridized carbons (Fsp3) is 0.148. The van der Waals surface area contributed by atoms with E-state index >= 15 is 0 Å². The van der Waals surface area contributed by atoms with Crippen LogP contribution in [0.15, 0.2) is 96.0 Å². The molecule has 4 rings (SSSR count). The highest BCUT2D eigenvalue weighted by Gasteiger charge is 2.07. The molecular formula is C27H25N3OS. The van der Waals surface area contributed by atoms with Gasteiger partial charge in [-0.2, -0.15) is 0 Å². The second-order valence-electron chi connectivity index (χ2n) is 7.60. The van der Waals surface area contributed by atoms with Crippen LogP contribution in [0.2, 0.25) is 0 Å². The minimum Gasteiger partial charge on any atom is -0.352 e. The average Bonchev–Trinajstić information content (AvgIpc) is 2.84. The van der Waals surface area contributed by atoms with Gasteiger partial charge in [0, 0.05) is 23.4 Å². The van der Waals surface area contributed by atoms with E-state index in [1.54, 1.807) is 11.8 Å². The molecule has 0 spiro atoms. The SMILES string of the molecule is Cc1ccc(-c2ccc(SCc3cccc(C(=O)NCCc4ccccc4)c3)nn2)cc1. The van der Waals surface area contributed by atoms with Gasteiger partial charge >= 0.3 is 0 Å². The summed E-state index contributed by atoms with van der Waals surface area (Å²) in [6.45, 7) is 2.68. The summed E-state index contributed by atoms with van der Waals surface area (Å²) in [4.78, 5) is 12.5. The van der Waals surface area contributed by atoms with Crippen LogP contribution in [-0.2, 0) is 12.2 Å². The van der Waals surface area contributed by atoms with Gasteiger partial charge in [-0.25, -0.2) is 0 Å². The van der Waals surface area contributed by atoms with E-state index in [-0.39, 0.29) is 5.91 Å². The van der Waals surface area contributed by atoms with E-state index in [0.29, 0.717) is 12.1 Å². The molecule has 0 unspecified atom stereocenters. The van der Waals surface area contributed by atoms with Crippen LogP contribution in [0.25, 0.3) is 11.3 Å². The summed E-state index contributed by atoms with van der Waals surface area (Å²) in [6.07, 6.45) is 0.819. The van der Waals surface area contributed by atoms with Gasteiger partial charge in [-0.15, -0.1) is 10.2 Å². The second kappa shape index (κ2) is 10.7. The van der Waals surface area contributed by atoms with E-state index in [2.05, 4.69) is 58.8 Å². The maximum absolute atomic E-state index is 12.5. The fourth-order valence-corrected chi connectivity index (χ4v) is 4.06. The predicted molar refractivity (Wildman–Crippen MR) is 131 cm³/mol. The normalized spacial score (nSPS) is 10.7. The lowest BCUT2D eigenvalue weighted by Crippen LogP contribution is -2.25. The molecule has 0 saturated carbocycles. The molecule has 0 aliphatic rings. The zero-order chi connectivity index (χ0) is 22.2. The number of rotatable bonds is 8. The highest BCUT2D eigenvalue weighted by molar-refractivity contribution is 7.98. The first-order chi connectivity index (χ1) is 15.7. The molecule has 3 aromatic carbocycles. The minimum absolute atomic E-state index is 0.0463. The molecule has 160 valence electrons. The van der Waals surface area contributed by atoms with Gasteiger partial charge in [0.15, 0.2) is 0 Å². The second-order valence-corrected chi connectivity index (χ2v) is 8.60. The number of hydrogen-bond acceptors (Lipinski definition) is 4. The van der Waals surface area contributed by atoms with Gasteiger partial charge in [-0.3, -0.25) is 4.79 Å². The Labute approximate surface area is 193 Å². The Balaban J connectivity index is 1.30. The lowest BCUT2D eigenvalue weighted by atomic mass is 10.1. The molecule has 0 saturated heterocycles. The monoisotopic (exact) mass is 439 g/mol. The van der Waals surface area contributed by atoms with Crippen LogP contribution < -0.4 is 5.32 Å². The first kappa shape index (κ1) is 21.8. The summed E-state index contributed by atoms with van der Waals surface area (Å²) in [5.41, 5.74) is 6.12. The molecule has 1 aromatic heterocycles. The predicted octanol–water partition coefficient (Wildman–Crippen LogP) is 5.72. The number of benzene rings is 3. The summed E-state index contributed by atoms with van der Waals surface area (Å²) in [6, 6.07) is 30.2. The molecule has 5 heteroatoms. The molecule has 0 fully saturated rings. The Bertz CT molecular complexity index is 1160. The first-order valence-corrected chi connectivity index (χ1v) is 11.6. The third kappa shape index (κ3) is 6.05. The summed E-state index contributed by atoms with van der Waals surface area (Å²) in [5, 5.41) is 12.6. The Morgan fingerprint density at radius 1 is 0.844 bits per heavy atom. The zero-order valence-corrected chi connectivity index (χ0v) is 18.8. The summed E-state index contributed by atoms with van der Waals surface area (Å²) in [7, 11) is 0. The van der Waals surface area contributed by atoms with Crippen molar-refractivity contribution in [2.45, 2.75) is 24.1 Å². The molecule has 4 aromatic rings. The summed E-state index contributed by atoms with van der Waals surface area (Å²) < 4.78 is 0. The van der Waals surface area contributed by atoms with Crippen molar-refractivity contribution in [1.82, 2.24) is 15.5 Å². The molecule has 0 bridgehead atoms. The van der Waals surface area contributed by atoms with Crippen molar-refractivity contribution in [3.8, 4) is 11.3 Å². The van der Waals surface area contributed by atoms with Crippen LogP contribution in [0.3, 0.4) is 0 Å². The number of carbonyl (C=O) groups is 1. The Morgan fingerprint density at radius 2 is 1.62 bits per heavy atom. The molecule has 1 amide bonds. The third-order valence-corrected chi connectivity index (χ3v) is 6.10. The zero-order valence-electron chi connectivity index (χ0n) is 18.0. The molecule has 1 heterocycles. The van der Waals surface area contributed by atoms with Crippen molar-refractivity contribution in [3.63, 3.8) is 0 Å². The molecule has 0 radical (unpaired) electrons. The van der Waals surface area contributed by atoms with E-state index in [9.17, 15) is 4.79 Å². The van der Waals surface area contributed by atoms with Gasteiger partial charge in [-0.1, -0.05) is 84.1 Å². The van der Waals surface area contributed by atoms with Gasteiger partial charge in [0.1, 0.15) is 5.03 Å². The molecule has 0 aliphatic heterocycles. The van der Waals surface area contributed by atoms with Crippen molar-refractivity contribution in [2.75, 3.05) is 6.54 Å². The highest BCUT2D eigenvalue weighted by atomic mass is 32.2. The topological polar surface area (TPSA) is 54.9 Å². The van der Waals surface area contributed by atoms with Crippen LogP contribution in [0.1, 0.15) is 27.0 Å². The smallest absolute Gasteiger partial charge is 0.251 e. The van der Waals surface area contributed by atoms with E-state index in [0.717, 1.165) is 34.0 Å². The van der Waals surface area contributed by atoms with Gasteiger partial charge in [-0.05, 0) is 48.7 Å². The number of carbonyl (C=O) groups excluding carboxylic acids is 1. The Hall–Kier alpha value is -3.44. The lowest BCUT2D eigenvalue weighted by Gasteiger charge is -2.07. The number of aryl methyl sites for hydroxylation is 1. The number of amides is 1. The molecule has 4 nitrogen and oxygen atoms in total. The first-order valence-electron chi connectivity index (χ1n) is 10.6. The number of nitrogens with zero attached hydrogens (tertiary/aromatic N) is 2. The number of thioether (sulfide) groups is 1. The quantitative estimate of drug-likeness (QED) is 0.357. The lowest BCUT2D eigenvalue weighted by molar-refractivity contribution is 0.0954. The van der Waals surface area contributed by atoms with Crippen molar-refractivity contribution in [2.24, 2.45) is 0 Å². The number of aromatic nitrogens is 2. The summed E-state index contributed by atoms with van der Waals surface area (Å²) in [5.74, 6) is 0.680. The van der Waals surface area contributed by atoms with Crippen LogP contribution in [-0.4, -0.2) is 22.6 Å². The van der Waals surface area contributed by atoms with Crippen LogP contribution in [0.5, 0.6) is 0 Å². The Morgan fingerprint density at radius 3 is 2.38 bits per heavy atom. The Kier molecular flexibility index (Phi) is 7.31. The van der Waals surface area contributed by atoms with Crippen molar-refractivity contribution >= 4 is 17.7 Å². The highest BCUT2D eigenvalue weighted by Crippen LogP contribution is 2.23. The largest absolute Gasteiger partial charge is 0.352 e. The van der Waals surface area contributed by atoms with Crippen molar-refractivity contribution in [1.29, 1.82) is 0 Å². The van der Waals surface area contributed by atoms with E-state index in [1.165, 1.54) is 11.1 Å². The van der Waals surface area contributed by atoms with Crippen molar-refractivity contribution < 1.29 is 4.79 Å². The maximum Gasteiger partial charge on any atom is 0.251 e.